The highest BCUT2D eigenvalue weighted by Crippen LogP contribution is 2.30. The van der Waals surface area contributed by atoms with Crippen molar-refractivity contribution in [3.05, 3.63) is 36.4 Å². The van der Waals surface area contributed by atoms with Crippen LogP contribution < -0.4 is 54.7 Å². The second-order valence-corrected chi connectivity index (χ2v) is 13.4. The molecule has 2 rings (SSSR count). The average molecular weight is 734 g/mol. The van der Waals surface area contributed by atoms with Crippen molar-refractivity contribution in [3.63, 3.8) is 0 Å². The van der Waals surface area contributed by atoms with Gasteiger partial charge in [0.1, 0.15) is 18.1 Å². The number of aliphatic imine (C=N–C) groups is 3. The monoisotopic (exact) mass is 733 g/mol. The molecule has 0 saturated carbocycles. The van der Waals surface area contributed by atoms with Crippen LogP contribution in [-0.4, -0.2) is 103 Å². The van der Waals surface area contributed by atoms with Gasteiger partial charge < -0.3 is 54.7 Å². The number of benzene rings is 2. The Balaban J connectivity index is 2.43. The first-order chi connectivity index (χ1) is 24.1. The summed E-state index contributed by atoms with van der Waals surface area (Å²) >= 11 is 0. The minimum absolute atomic E-state index is 0.0281. The zero-order valence-electron chi connectivity index (χ0n) is 29.2. The van der Waals surface area contributed by atoms with E-state index in [1.54, 1.807) is 24.3 Å². The number of hydrogen-bond donors (Lipinski definition) is 9. The zero-order chi connectivity index (χ0) is 38.1. The summed E-state index contributed by atoms with van der Waals surface area (Å²) in [6, 6.07) is 6.45. The highest BCUT2D eigenvalue weighted by atomic mass is 32.2. The van der Waals surface area contributed by atoms with E-state index in [1.807, 2.05) is 25.1 Å². The molecule has 0 bridgehead atoms. The number of guanidine groups is 3. The third kappa shape index (κ3) is 13.8. The number of sulfonamides is 1. The summed E-state index contributed by atoms with van der Waals surface area (Å²) in [5.74, 6) is -2.71. The van der Waals surface area contributed by atoms with Gasteiger partial charge in [0.15, 0.2) is 17.9 Å². The van der Waals surface area contributed by atoms with Crippen LogP contribution in [0.2, 0.25) is 0 Å². The number of anilines is 1. The van der Waals surface area contributed by atoms with Gasteiger partial charge in [-0.3, -0.25) is 24.6 Å². The first-order valence-corrected chi connectivity index (χ1v) is 17.6. The fourth-order valence-corrected chi connectivity index (χ4v) is 6.55. The number of amides is 2. The SMILES string of the molecule is COC(=O)[C@H](CCCN=C(N)N)NC(=O)[C@H](CCCN=C(N)N)NC(=O)[C@H](CCCN=C(N)N)NS(=O)(=O)c1cccc2c(N(C)C)cccc12. The Hall–Kier alpha value is -5.37. The molecule has 0 heterocycles. The van der Waals surface area contributed by atoms with Gasteiger partial charge in [-0.15, -0.1) is 0 Å². The fourth-order valence-electron chi connectivity index (χ4n) is 5.10. The highest BCUT2D eigenvalue weighted by molar-refractivity contribution is 7.89. The Kier molecular flexibility index (Phi) is 16.7. The molecule has 0 aliphatic carbocycles. The molecule has 3 atom stereocenters. The molecule has 0 aromatic heterocycles. The van der Waals surface area contributed by atoms with Gasteiger partial charge in [-0.2, -0.15) is 4.72 Å². The molecular weight excluding hydrogens is 682 g/mol. The Morgan fingerprint density at radius 3 is 1.67 bits per heavy atom. The number of ether oxygens (including phenoxy) is 1. The van der Waals surface area contributed by atoms with E-state index in [2.05, 4.69) is 30.3 Å². The summed E-state index contributed by atoms with van der Waals surface area (Å²) in [4.78, 5) is 53.6. The maximum Gasteiger partial charge on any atom is 0.328 e. The predicted molar refractivity (Wildman–Crippen MR) is 198 cm³/mol. The number of nitrogens with one attached hydrogen (secondary N) is 3. The molecule has 19 nitrogen and oxygen atoms in total. The minimum atomic E-state index is -4.32. The van der Waals surface area contributed by atoms with Gasteiger partial charge in [0.25, 0.3) is 0 Å². The van der Waals surface area contributed by atoms with Crippen LogP contribution in [0.5, 0.6) is 0 Å². The van der Waals surface area contributed by atoms with Crippen molar-refractivity contribution in [2.45, 2.75) is 61.5 Å². The maximum absolute atomic E-state index is 13.9. The Labute approximate surface area is 297 Å². The van der Waals surface area contributed by atoms with Gasteiger partial charge in [-0.1, -0.05) is 24.3 Å². The molecule has 15 N–H and O–H groups in total. The third-order valence-corrected chi connectivity index (χ3v) is 9.05. The van der Waals surface area contributed by atoms with Crippen LogP contribution in [0.4, 0.5) is 5.69 Å². The number of methoxy groups -OCH3 is 1. The standard InChI is InChI=1S/C31H51N13O6S/c1-44(2)24-14-4-10-20-19(24)9-5-15-25(20)51(48,49)43-22(12-7-17-39-30(34)35)27(46)41-21(11-6-16-38-29(32)33)26(45)42-23(28(47)50-3)13-8-18-40-31(36)37/h4-5,9-10,14-15,21-23,43H,6-8,11-13,16-18H2,1-3H3,(H,41,46)(H,42,45)(H4,32,33,38)(H4,34,35,39)(H4,36,37,40)/t21-,22-,23-/m0/s1. The number of fused-ring (bicyclic) bond motifs is 1. The number of rotatable bonds is 21. The zero-order valence-corrected chi connectivity index (χ0v) is 30.0. The second kappa shape index (κ2) is 20.3. The van der Waals surface area contributed by atoms with Gasteiger partial charge in [0.05, 0.1) is 12.0 Å². The van der Waals surface area contributed by atoms with Crippen LogP contribution in [0.1, 0.15) is 38.5 Å². The molecule has 20 heteroatoms. The Morgan fingerprint density at radius 2 is 1.16 bits per heavy atom. The maximum atomic E-state index is 13.9. The summed E-state index contributed by atoms with van der Waals surface area (Å²) in [7, 11) is 0.537. The van der Waals surface area contributed by atoms with Crippen molar-refractivity contribution in [1.82, 2.24) is 15.4 Å². The smallest absolute Gasteiger partial charge is 0.328 e. The van der Waals surface area contributed by atoms with Crippen LogP contribution in [0.25, 0.3) is 10.8 Å². The van der Waals surface area contributed by atoms with E-state index in [1.165, 1.54) is 13.2 Å². The lowest BCUT2D eigenvalue weighted by Gasteiger charge is -2.25. The molecule has 51 heavy (non-hydrogen) atoms. The molecule has 0 aliphatic rings. The number of carbonyl (C=O) groups excluding carboxylic acids is 3. The highest BCUT2D eigenvalue weighted by Gasteiger charge is 2.32. The van der Waals surface area contributed by atoms with Gasteiger partial charge in [0.2, 0.25) is 21.8 Å². The second-order valence-electron chi connectivity index (χ2n) is 11.7. The lowest BCUT2D eigenvalue weighted by Crippen LogP contribution is -2.55. The van der Waals surface area contributed by atoms with Gasteiger partial charge >= 0.3 is 5.97 Å². The largest absolute Gasteiger partial charge is 0.467 e. The van der Waals surface area contributed by atoms with E-state index in [-0.39, 0.29) is 74.5 Å². The normalized spacial score (nSPS) is 12.8. The number of hydrogen-bond acceptors (Lipinski definition) is 10. The van der Waals surface area contributed by atoms with Crippen molar-refractivity contribution >= 4 is 62.1 Å². The number of nitrogens with zero attached hydrogens (tertiary/aromatic N) is 4. The lowest BCUT2D eigenvalue weighted by atomic mass is 10.1. The van der Waals surface area contributed by atoms with Crippen molar-refractivity contribution in [2.75, 3.05) is 45.7 Å². The van der Waals surface area contributed by atoms with Crippen molar-refractivity contribution in [3.8, 4) is 0 Å². The number of carbonyl (C=O) groups is 3. The summed E-state index contributed by atoms with van der Waals surface area (Å²) in [6.07, 6.45) is 0.893. The predicted octanol–water partition coefficient (Wildman–Crippen LogP) is -2.14. The minimum Gasteiger partial charge on any atom is -0.467 e. The van der Waals surface area contributed by atoms with Crippen molar-refractivity contribution in [2.24, 2.45) is 49.4 Å². The van der Waals surface area contributed by atoms with Crippen molar-refractivity contribution < 1.29 is 27.5 Å². The summed E-state index contributed by atoms with van der Waals surface area (Å²) in [6.45, 7) is 0.433. The van der Waals surface area contributed by atoms with E-state index in [4.69, 9.17) is 39.1 Å². The van der Waals surface area contributed by atoms with Crippen LogP contribution in [0, 0.1) is 0 Å². The van der Waals surface area contributed by atoms with Crippen LogP contribution in [0.15, 0.2) is 56.3 Å². The Bertz CT molecular complexity index is 1690. The topological polar surface area (TPSA) is 327 Å². The molecule has 282 valence electrons. The summed E-state index contributed by atoms with van der Waals surface area (Å²) in [5.41, 5.74) is 33.3. The van der Waals surface area contributed by atoms with E-state index in [9.17, 15) is 22.8 Å². The molecule has 0 fully saturated rings. The molecule has 0 radical (unpaired) electrons. The van der Waals surface area contributed by atoms with E-state index < -0.39 is 45.9 Å². The Morgan fingerprint density at radius 1 is 0.706 bits per heavy atom. The quantitative estimate of drug-likeness (QED) is 0.0287. The number of nitrogens with two attached hydrogens (primary N) is 6. The molecule has 0 spiro atoms. The van der Waals surface area contributed by atoms with E-state index in [0.717, 1.165) is 5.69 Å². The first kappa shape index (κ1) is 41.8. The van der Waals surface area contributed by atoms with Crippen LogP contribution in [0.3, 0.4) is 0 Å². The molecular formula is C31H51N13O6S. The van der Waals surface area contributed by atoms with Gasteiger partial charge in [-0.05, 0) is 50.7 Å². The average Bonchev–Trinajstić information content (AvgIpc) is 3.07. The summed E-state index contributed by atoms with van der Waals surface area (Å²) < 4.78 is 35.2. The lowest BCUT2D eigenvalue weighted by molar-refractivity contribution is -0.145. The first-order valence-electron chi connectivity index (χ1n) is 16.1. The molecule has 0 saturated heterocycles. The number of esters is 1. The summed E-state index contributed by atoms with van der Waals surface area (Å²) in [5, 5.41) is 6.39. The van der Waals surface area contributed by atoms with Crippen LogP contribution >= 0.6 is 0 Å². The fraction of sp³-hybridized carbons (Fsp3) is 0.484. The third-order valence-electron chi connectivity index (χ3n) is 7.52. The van der Waals surface area contributed by atoms with Crippen LogP contribution in [-0.2, 0) is 29.1 Å². The molecule has 2 amide bonds. The molecule has 2 aromatic rings. The van der Waals surface area contributed by atoms with E-state index in [0.29, 0.717) is 17.2 Å². The molecule has 0 unspecified atom stereocenters. The molecule has 0 aliphatic heterocycles. The van der Waals surface area contributed by atoms with Gasteiger partial charge in [-0.25, -0.2) is 13.2 Å². The molecule has 2 aromatic carbocycles. The van der Waals surface area contributed by atoms with Crippen molar-refractivity contribution in [1.29, 1.82) is 0 Å². The van der Waals surface area contributed by atoms with E-state index >= 15 is 0 Å². The van der Waals surface area contributed by atoms with Gasteiger partial charge in [0, 0.05) is 50.2 Å².